The van der Waals surface area contributed by atoms with Gasteiger partial charge in [-0.2, -0.15) is 0 Å². The minimum Gasteiger partial charge on any atom is -0.387 e. The highest BCUT2D eigenvalue weighted by Crippen LogP contribution is 2.22. The number of unbranched alkanes of at least 4 members (excludes halogenated alkanes) is 9. The van der Waals surface area contributed by atoms with Gasteiger partial charge in [0, 0.05) is 13.1 Å². The molecule has 2 unspecified atom stereocenters. The van der Waals surface area contributed by atoms with Crippen LogP contribution in [0.5, 0.6) is 0 Å². The Labute approximate surface area is 131 Å². The largest absolute Gasteiger partial charge is 0.387 e. The molecule has 1 saturated heterocycles. The van der Waals surface area contributed by atoms with Crippen LogP contribution in [0.4, 0.5) is 0 Å². The van der Waals surface area contributed by atoms with Crippen molar-refractivity contribution in [3.8, 4) is 0 Å². The van der Waals surface area contributed by atoms with Crippen molar-refractivity contribution >= 4 is 0 Å². The summed E-state index contributed by atoms with van der Waals surface area (Å²) in [6.45, 7) is 6.61. The van der Waals surface area contributed by atoms with Crippen LogP contribution in [0, 0.1) is 0 Å². The maximum Gasteiger partial charge on any atom is 0.0983 e. The van der Waals surface area contributed by atoms with Gasteiger partial charge in [0.1, 0.15) is 0 Å². The van der Waals surface area contributed by atoms with Crippen LogP contribution in [0.25, 0.3) is 0 Å². The van der Waals surface area contributed by atoms with E-state index in [4.69, 9.17) is 4.74 Å². The molecular formula is C18H37NO2. The summed E-state index contributed by atoms with van der Waals surface area (Å²) in [6.07, 6.45) is 14.2. The van der Waals surface area contributed by atoms with E-state index in [1.807, 2.05) is 6.92 Å². The summed E-state index contributed by atoms with van der Waals surface area (Å²) in [5, 5.41) is 13.8. The lowest BCUT2D eigenvalue weighted by Crippen LogP contribution is -2.51. The summed E-state index contributed by atoms with van der Waals surface area (Å²) in [5.41, 5.74) is -0.673. The van der Waals surface area contributed by atoms with Crippen LogP contribution in [0.1, 0.15) is 84.5 Å². The molecule has 0 saturated carbocycles. The van der Waals surface area contributed by atoms with Crippen LogP contribution in [0.15, 0.2) is 0 Å². The lowest BCUT2D eigenvalue weighted by atomic mass is 9.91. The van der Waals surface area contributed by atoms with Gasteiger partial charge in [0.25, 0.3) is 0 Å². The molecule has 0 amide bonds. The van der Waals surface area contributed by atoms with Gasteiger partial charge in [-0.15, -0.1) is 0 Å². The highest BCUT2D eigenvalue weighted by molar-refractivity contribution is 4.86. The molecule has 2 atom stereocenters. The summed E-state index contributed by atoms with van der Waals surface area (Å²) in [7, 11) is 0. The minimum absolute atomic E-state index is 0.0372. The molecule has 3 nitrogen and oxygen atoms in total. The quantitative estimate of drug-likeness (QED) is 0.534. The third-order valence-electron chi connectivity index (χ3n) is 4.66. The van der Waals surface area contributed by atoms with Crippen LogP contribution < -0.4 is 5.32 Å². The molecule has 0 aromatic heterocycles. The molecule has 2 N–H and O–H groups in total. The normalized spacial score (nSPS) is 22.1. The smallest absolute Gasteiger partial charge is 0.0983 e. The second-order valence-electron chi connectivity index (χ2n) is 6.85. The lowest BCUT2D eigenvalue weighted by Gasteiger charge is -2.35. The Hall–Kier alpha value is -0.120. The van der Waals surface area contributed by atoms with Crippen molar-refractivity contribution in [3.05, 3.63) is 0 Å². The zero-order valence-corrected chi connectivity index (χ0v) is 14.3. The molecule has 21 heavy (non-hydrogen) atoms. The third kappa shape index (κ3) is 8.80. The Balaban J connectivity index is 1.93. The van der Waals surface area contributed by atoms with Gasteiger partial charge in [-0.05, 0) is 13.3 Å². The Morgan fingerprint density at radius 2 is 1.57 bits per heavy atom. The fourth-order valence-electron chi connectivity index (χ4n) is 3.10. The maximum atomic E-state index is 10.5. The number of ether oxygens (including phenoxy) is 1. The molecule has 0 aromatic carbocycles. The summed E-state index contributed by atoms with van der Waals surface area (Å²) in [4.78, 5) is 0. The fourth-order valence-corrected chi connectivity index (χ4v) is 3.10. The van der Waals surface area contributed by atoms with Crippen LogP contribution >= 0.6 is 0 Å². The summed E-state index contributed by atoms with van der Waals surface area (Å²) >= 11 is 0. The summed E-state index contributed by atoms with van der Waals surface area (Å²) in [6, 6.07) is 0. The third-order valence-corrected chi connectivity index (χ3v) is 4.66. The number of hydrogen-bond donors (Lipinski definition) is 2. The molecule has 0 aromatic rings. The molecule has 126 valence electrons. The zero-order chi connectivity index (χ0) is 15.4. The van der Waals surface area contributed by atoms with Gasteiger partial charge < -0.3 is 15.2 Å². The number of hydrogen-bond acceptors (Lipinski definition) is 3. The van der Waals surface area contributed by atoms with Crippen molar-refractivity contribution in [3.63, 3.8) is 0 Å². The van der Waals surface area contributed by atoms with Crippen molar-refractivity contribution in [1.29, 1.82) is 0 Å². The number of aliphatic hydroxyl groups is 1. The molecule has 1 fully saturated rings. The number of nitrogens with one attached hydrogen (secondary N) is 1. The molecule has 0 bridgehead atoms. The van der Waals surface area contributed by atoms with E-state index in [0.717, 1.165) is 32.5 Å². The highest BCUT2D eigenvalue weighted by atomic mass is 16.5. The molecule has 1 aliphatic rings. The zero-order valence-electron chi connectivity index (χ0n) is 14.3. The molecule has 3 heteroatoms. The summed E-state index contributed by atoms with van der Waals surface area (Å²) in [5.74, 6) is 0. The van der Waals surface area contributed by atoms with Gasteiger partial charge in [0.15, 0.2) is 0 Å². The van der Waals surface area contributed by atoms with E-state index < -0.39 is 5.60 Å². The van der Waals surface area contributed by atoms with Crippen molar-refractivity contribution in [2.24, 2.45) is 0 Å². The van der Waals surface area contributed by atoms with Gasteiger partial charge in [-0.25, -0.2) is 0 Å². The fraction of sp³-hybridized carbons (Fsp3) is 1.00. The van der Waals surface area contributed by atoms with Crippen LogP contribution in [-0.4, -0.2) is 36.5 Å². The van der Waals surface area contributed by atoms with Gasteiger partial charge >= 0.3 is 0 Å². The topological polar surface area (TPSA) is 41.5 Å². The van der Waals surface area contributed by atoms with E-state index in [2.05, 4.69) is 12.2 Å². The highest BCUT2D eigenvalue weighted by Gasteiger charge is 2.33. The SMILES string of the molecule is CCCCCCCCCCCCC(C)(O)C1CNCCO1. The average Bonchev–Trinajstić information content (AvgIpc) is 2.50. The molecule has 1 heterocycles. The second kappa shape index (κ2) is 11.4. The standard InChI is InChI=1S/C18H37NO2/c1-3-4-5-6-7-8-9-10-11-12-13-18(2,20)17-16-19-14-15-21-17/h17,19-20H,3-16H2,1-2H3. The van der Waals surface area contributed by atoms with Crippen molar-refractivity contribution < 1.29 is 9.84 Å². The minimum atomic E-state index is -0.673. The molecule has 1 rings (SSSR count). The van der Waals surface area contributed by atoms with E-state index in [1.54, 1.807) is 0 Å². The Kier molecular flexibility index (Phi) is 10.3. The first-order chi connectivity index (χ1) is 10.2. The van der Waals surface area contributed by atoms with Gasteiger partial charge in [0.2, 0.25) is 0 Å². The predicted octanol–water partition coefficient (Wildman–Crippen LogP) is 4.04. The molecule has 0 radical (unpaired) electrons. The maximum absolute atomic E-state index is 10.5. The summed E-state index contributed by atoms with van der Waals surface area (Å²) < 4.78 is 5.67. The molecule has 0 aliphatic carbocycles. The number of morpholine rings is 1. The number of rotatable bonds is 12. The van der Waals surface area contributed by atoms with Crippen LogP contribution in [-0.2, 0) is 4.74 Å². The van der Waals surface area contributed by atoms with E-state index in [9.17, 15) is 5.11 Å². The Morgan fingerprint density at radius 3 is 2.10 bits per heavy atom. The van der Waals surface area contributed by atoms with Gasteiger partial charge in [-0.3, -0.25) is 0 Å². The first kappa shape index (κ1) is 18.9. The monoisotopic (exact) mass is 299 g/mol. The molecular weight excluding hydrogens is 262 g/mol. The van der Waals surface area contributed by atoms with Gasteiger partial charge in [0.05, 0.1) is 18.3 Å². The van der Waals surface area contributed by atoms with Crippen LogP contribution in [0.2, 0.25) is 0 Å². The van der Waals surface area contributed by atoms with Crippen molar-refractivity contribution in [2.75, 3.05) is 19.7 Å². The lowest BCUT2D eigenvalue weighted by molar-refractivity contribution is -0.113. The predicted molar refractivity (Wildman–Crippen MR) is 89.7 cm³/mol. The van der Waals surface area contributed by atoms with E-state index in [0.29, 0.717) is 0 Å². The Morgan fingerprint density at radius 1 is 1.00 bits per heavy atom. The first-order valence-corrected chi connectivity index (χ1v) is 9.21. The average molecular weight is 299 g/mol. The van der Waals surface area contributed by atoms with E-state index in [-0.39, 0.29) is 6.10 Å². The van der Waals surface area contributed by atoms with Crippen molar-refractivity contribution in [2.45, 2.75) is 96.2 Å². The molecule has 1 aliphatic heterocycles. The van der Waals surface area contributed by atoms with Crippen LogP contribution in [0.3, 0.4) is 0 Å². The van der Waals surface area contributed by atoms with E-state index >= 15 is 0 Å². The first-order valence-electron chi connectivity index (χ1n) is 9.21. The second-order valence-corrected chi connectivity index (χ2v) is 6.85. The van der Waals surface area contributed by atoms with Gasteiger partial charge in [-0.1, -0.05) is 71.1 Å². The van der Waals surface area contributed by atoms with E-state index in [1.165, 1.54) is 57.8 Å². The molecule has 0 spiro atoms. The van der Waals surface area contributed by atoms with Crippen molar-refractivity contribution in [1.82, 2.24) is 5.32 Å². The Bertz CT molecular complexity index is 237.